The molecule has 26 heavy (non-hydrogen) atoms. The number of rotatable bonds is 1. The smallest absolute Gasteiger partial charge is 0.270 e. The number of aromatic nitrogens is 1. The first kappa shape index (κ1) is 15.1. The van der Waals surface area contributed by atoms with Crippen molar-refractivity contribution in [1.29, 1.82) is 5.26 Å². The van der Waals surface area contributed by atoms with Gasteiger partial charge in [0.05, 0.1) is 10.9 Å². The first-order valence-corrected chi connectivity index (χ1v) is 9.23. The maximum absolute atomic E-state index is 9.66. The molecule has 0 N–H and O–H groups in total. The predicted molar refractivity (Wildman–Crippen MR) is 105 cm³/mol. The van der Waals surface area contributed by atoms with E-state index in [1.165, 1.54) is 16.1 Å². The molecule has 0 aliphatic rings. The topological polar surface area (TPSA) is 40.8 Å². The minimum absolute atomic E-state index is 0.577. The lowest BCUT2D eigenvalue weighted by Crippen LogP contribution is -2.28. The third-order valence-corrected chi connectivity index (χ3v) is 6.25. The van der Waals surface area contributed by atoms with Crippen LogP contribution in [0.4, 0.5) is 0 Å². The molecule has 5 aromatic rings. The number of para-hydroxylation sites is 1. The van der Waals surface area contributed by atoms with Gasteiger partial charge < -0.3 is 4.42 Å². The highest BCUT2D eigenvalue weighted by atomic mass is 32.1. The van der Waals surface area contributed by atoms with Crippen molar-refractivity contribution in [3.63, 3.8) is 0 Å². The van der Waals surface area contributed by atoms with Crippen molar-refractivity contribution in [2.24, 2.45) is 7.05 Å². The molecule has 0 saturated heterocycles. The number of aryl methyl sites for hydroxylation is 2. The van der Waals surface area contributed by atoms with Gasteiger partial charge in [0, 0.05) is 11.5 Å². The lowest BCUT2D eigenvalue weighted by atomic mass is 10.1. The number of thiazole rings is 1. The van der Waals surface area contributed by atoms with Crippen LogP contribution in [0, 0.1) is 18.3 Å². The van der Waals surface area contributed by atoms with E-state index in [2.05, 4.69) is 54.9 Å². The van der Waals surface area contributed by atoms with Crippen LogP contribution in [-0.2, 0) is 7.05 Å². The number of benzene rings is 3. The van der Waals surface area contributed by atoms with E-state index in [4.69, 9.17) is 4.42 Å². The number of hydrogen-bond donors (Lipinski definition) is 0. The van der Waals surface area contributed by atoms with E-state index in [1.807, 2.05) is 24.3 Å². The molecule has 0 radical (unpaired) electrons. The molecule has 0 bridgehead atoms. The highest BCUT2D eigenvalue weighted by Gasteiger charge is 2.26. The standard InChI is InChI=1S/C22H15N2OS/c1-13-7-3-4-8-15(13)22-24(2)17-11-14(12-23)20-19(21(17)26-22)16-9-5-6-10-18(16)25-20/h3-11H,1-2H3/q+1. The quantitative estimate of drug-likeness (QED) is 0.374. The van der Waals surface area contributed by atoms with Gasteiger partial charge in [-0.3, -0.25) is 0 Å². The lowest BCUT2D eigenvalue weighted by molar-refractivity contribution is -0.629. The van der Waals surface area contributed by atoms with Gasteiger partial charge in [0.15, 0.2) is 5.58 Å². The molecule has 0 aliphatic heterocycles. The maximum Gasteiger partial charge on any atom is 0.270 e. The van der Waals surface area contributed by atoms with Crippen molar-refractivity contribution in [2.45, 2.75) is 6.92 Å². The van der Waals surface area contributed by atoms with E-state index in [0.717, 1.165) is 26.6 Å². The van der Waals surface area contributed by atoms with Gasteiger partial charge in [0.1, 0.15) is 29.0 Å². The molecule has 0 atom stereocenters. The summed E-state index contributed by atoms with van der Waals surface area (Å²) in [5.41, 5.74) is 5.59. The van der Waals surface area contributed by atoms with Gasteiger partial charge in [-0.1, -0.05) is 47.7 Å². The second-order valence-electron chi connectivity index (χ2n) is 6.47. The normalized spacial score (nSPS) is 11.4. The Kier molecular flexibility index (Phi) is 3.15. The third-order valence-electron chi connectivity index (χ3n) is 4.94. The summed E-state index contributed by atoms with van der Waals surface area (Å²) in [7, 11) is 2.07. The van der Waals surface area contributed by atoms with E-state index in [9.17, 15) is 5.26 Å². The van der Waals surface area contributed by atoms with Crippen molar-refractivity contribution in [3.8, 4) is 16.6 Å². The molecule has 5 rings (SSSR count). The van der Waals surface area contributed by atoms with Crippen molar-refractivity contribution < 1.29 is 8.98 Å². The summed E-state index contributed by atoms with van der Waals surface area (Å²) < 4.78 is 9.38. The largest absolute Gasteiger partial charge is 0.455 e. The number of hydrogen-bond acceptors (Lipinski definition) is 3. The van der Waals surface area contributed by atoms with Crippen molar-refractivity contribution in [2.75, 3.05) is 0 Å². The van der Waals surface area contributed by atoms with Gasteiger partial charge in [-0.2, -0.15) is 9.83 Å². The van der Waals surface area contributed by atoms with Gasteiger partial charge in [-0.15, -0.1) is 0 Å². The molecule has 2 heterocycles. The zero-order valence-corrected chi connectivity index (χ0v) is 15.2. The molecule has 0 spiro atoms. The zero-order valence-electron chi connectivity index (χ0n) is 14.4. The van der Waals surface area contributed by atoms with Crippen LogP contribution in [0.5, 0.6) is 0 Å². The second kappa shape index (κ2) is 5.42. The summed E-state index contributed by atoms with van der Waals surface area (Å²) in [6.45, 7) is 2.13. The fourth-order valence-corrected chi connectivity index (χ4v) is 4.99. The predicted octanol–water partition coefficient (Wildman–Crippen LogP) is 5.47. The van der Waals surface area contributed by atoms with E-state index in [0.29, 0.717) is 11.1 Å². The Morgan fingerprint density at radius 1 is 1.08 bits per heavy atom. The summed E-state index contributed by atoms with van der Waals surface area (Å²) in [6, 6.07) is 20.6. The molecule has 0 aliphatic carbocycles. The fraction of sp³-hybridized carbons (Fsp3) is 0.0909. The minimum Gasteiger partial charge on any atom is -0.455 e. The SMILES string of the molecule is Cc1ccccc1-c1sc2c3c(oc4ccccc43)c(C#N)cc2[n+]1C. The van der Waals surface area contributed by atoms with Crippen LogP contribution in [0.3, 0.4) is 0 Å². The van der Waals surface area contributed by atoms with Crippen molar-refractivity contribution in [3.05, 3.63) is 65.7 Å². The molecular formula is C22H15N2OS+. The van der Waals surface area contributed by atoms with E-state index in [1.54, 1.807) is 11.3 Å². The molecule has 4 heteroatoms. The molecule has 0 unspecified atom stereocenters. The van der Waals surface area contributed by atoms with Crippen LogP contribution in [0.1, 0.15) is 11.1 Å². The molecule has 3 nitrogen and oxygen atoms in total. The van der Waals surface area contributed by atoms with Crippen LogP contribution < -0.4 is 4.57 Å². The third kappa shape index (κ3) is 1.95. The molecule has 3 aromatic carbocycles. The highest BCUT2D eigenvalue weighted by Crippen LogP contribution is 2.40. The summed E-state index contributed by atoms with van der Waals surface area (Å²) >= 11 is 1.75. The van der Waals surface area contributed by atoms with Gasteiger partial charge in [0.2, 0.25) is 5.52 Å². The van der Waals surface area contributed by atoms with E-state index < -0.39 is 0 Å². The summed E-state index contributed by atoms with van der Waals surface area (Å²) in [6.07, 6.45) is 0. The number of furan rings is 1. The Hall–Kier alpha value is -3.16. The zero-order chi connectivity index (χ0) is 17.8. The Morgan fingerprint density at radius 2 is 1.85 bits per heavy atom. The molecule has 2 aromatic heterocycles. The summed E-state index contributed by atoms with van der Waals surface area (Å²) in [5, 5.41) is 12.9. The van der Waals surface area contributed by atoms with Gasteiger partial charge in [-0.05, 0) is 24.6 Å². The van der Waals surface area contributed by atoms with Gasteiger partial charge in [0.25, 0.3) is 5.01 Å². The highest BCUT2D eigenvalue weighted by molar-refractivity contribution is 7.22. The van der Waals surface area contributed by atoms with Crippen LogP contribution in [0.2, 0.25) is 0 Å². The molecule has 0 saturated carbocycles. The lowest BCUT2D eigenvalue weighted by Gasteiger charge is -1.98. The fourth-order valence-electron chi connectivity index (χ4n) is 3.61. The Labute approximate surface area is 154 Å². The average molecular weight is 355 g/mol. The maximum atomic E-state index is 9.66. The Balaban J connectivity index is 2.00. The van der Waals surface area contributed by atoms with E-state index in [-0.39, 0.29) is 0 Å². The number of fused-ring (bicyclic) bond motifs is 5. The minimum atomic E-state index is 0.577. The molecule has 124 valence electrons. The monoisotopic (exact) mass is 355 g/mol. The van der Waals surface area contributed by atoms with Crippen LogP contribution in [0.25, 0.3) is 42.7 Å². The van der Waals surface area contributed by atoms with Crippen molar-refractivity contribution in [1.82, 2.24) is 0 Å². The van der Waals surface area contributed by atoms with Crippen LogP contribution in [0.15, 0.2) is 59.0 Å². The Morgan fingerprint density at radius 3 is 2.65 bits per heavy atom. The van der Waals surface area contributed by atoms with Gasteiger partial charge >= 0.3 is 0 Å². The molecule has 0 fully saturated rings. The average Bonchev–Trinajstić information content (AvgIpc) is 3.20. The summed E-state index contributed by atoms with van der Waals surface area (Å²) in [5.74, 6) is 0. The first-order valence-electron chi connectivity index (χ1n) is 8.42. The summed E-state index contributed by atoms with van der Waals surface area (Å²) in [4.78, 5) is 0. The number of nitrogens with zero attached hydrogens (tertiary/aromatic N) is 2. The van der Waals surface area contributed by atoms with Crippen LogP contribution >= 0.6 is 11.3 Å². The Bertz CT molecular complexity index is 1370. The van der Waals surface area contributed by atoms with Gasteiger partial charge in [-0.25, -0.2) is 0 Å². The van der Waals surface area contributed by atoms with Crippen LogP contribution in [-0.4, -0.2) is 0 Å². The van der Waals surface area contributed by atoms with E-state index >= 15 is 0 Å². The van der Waals surface area contributed by atoms with Crippen molar-refractivity contribution >= 4 is 43.5 Å². The first-order chi connectivity index (χ1) is 12.7. The second-order valence-corrected chi connectivity index (χ2v) is 7.47. The molecular weight excluding hydrogens is 340 g/mol. The molecule has 0 amide bonds. The number of nitriles is 1.